The first-order chi connectivity index (χ1) is 15.0. The van der Waals surface area contributed by atoms with E-state index in [0.717, 1.165) is 38.4 Å². The average molecular weight is 457 g/mol. The maximum atomic E-state index is 6.72. The third kappa shape index (κ3) is 12.1. The van der Waals surface area contributed by atoms with Crippen LogP contribution in [0.15, 0.2) is 0 Å². The van der Waals surface area contributed by atoms with Crippen LogP contribution in [0.25, 0.3) is 0 Å². The maximum absolute atomic E-state index is 6.72. The summed E-state index contributed by atoms with van der Waals surface area (Å²) >= 11 is 0. The first-order valence-electron chi connectivity index (χ1n) is 13.0. The van der Waals surface area contributed by atoms with E-state index in [9.17, 15) is 0 Å². The Labute approximate surface area is 194 Å². The molecular formula is C24H52N4O2Si. The Kier molecular flexibility index (Phi) is 13.8. The molecule has 2 saturated heterocycles. The number of likely N-dealkylation sites (tertiary alicyclic amines) is 2. The number of likely N-dealkylation sites (N-methyl/N-ethyl adjacent to an activating group) is 2. The van der Waals surface area contributed by atoms with Crippen LogP contribution in [0, 0.1) is 0 Å². The summed E-state index contributed by atoms with van der Waals surface area (Å²) in [6.45, 7) is 11.1. The Morgan fingerprint density at radius 3 is 1.35 bits per heavy atom. The van der Waals surface area contributed by atoms with Crippen LogP contribution in [-0.2, 0) is 8.85 Å². The van der Waals surface area contributed by atoms with E-state index in [0.29, 0.717) is 0 Å². The van der Waals surface area contributed by atoms with Gasteiger partial charge in [-0.25, -0.2) is 0 Å². The number of rotatable bonds is 16. The molecule has 2 heterocycles. The minimum atomic E-state index is -2.20. The lowest BCUT2D eigenvalue weighted by molar-refractivity contribution is 0.139. The second kappa shape index (κ2) is 15.7. The third-order valence-electron chi connectivity index (χ3n) is 6.77. The molecule has 2 aliphatic rings. The van der Waals surface area contributed by atoms with E-state index in [2.05, 4.69) is 47.8 Å². The predicted octanol–water partition coefficient (Wildman–Crippen LogP) is 3.34. The highest BCUT2D eigenvalue weighted by atomic mass is 28.4. The summed E-state index contributed by atoms with van der Waals surface area (Å²) < 4.78 is 13.4. The van der Waals surface area contributed by atoms with Crippen molar-refractivity contribution >= 4 is 8.56 Å². The fourth-order valence-electron chi connectivity index (χ4n) is 4.79. The fourth-order valence-corrected chi connectivity index (χ4v) is 8.02. The van der Waals surface area contributed by atoms with Gasteiger partial charge in [0.05, 0.1) is 0 Å². The van der Waals surface area contributed by atoms with Crippen molar-refractivity contribution in [3.63, 3.8) is 0 Å². The zero-order valence-corrected chi connectivity index (χ0v) is 22.2. The smallest absolute Gasteiger partial charge is 0.338 e. The summed E-state index contributed by atoms with van der Waals surface area (Å²) in [4.78, 5) is 9.77. The van der Waals surface area contributed by atoms with Crippen LogP contribution >= 0.6 is 0 Å². The van der Waals surface area contributed by atoms with Crippen LogP contribution in [0.4, 0.5) is 0 Å². The van der Waals surface area contributed by atoms with Crippen molar-refractivity contribution in [2.75, 3.05) is 93.8 Å². The normalized spacial score (nSPS) is 19.5. The zero-order valence-electron chi connectivity index (χ0n) is 21.2. The van der Waals surface area contributed by atoms with Gasteiger partial charge in [0.25, 0.3) is 0 Å². The molecule has 0 saturated carbocycles. The quantitative estimate of drug-likeness (QED) is 0.331. The van der Waals surface area contributed by atoms with Crippen LogP contribution in [-0.4, -0.2) is 122 Å². The number of hydrogen-bond donors (Lipinski definition) is 0. The van der Waals surface area contributed by atoms with Gasteiger partial charge < -0.3 is 28.5 Å². The second-order valence-corrected chi connectivity index (χ2v) is 13.6. The first-order valence-corrected chi connectivity index (χ1v) is 15.2. The van der Waals surface area contributed by atoms with Crippen molar-refractivity contribution in [1.29, 1.82) is 0 Å². The number of piperidine rings is 2. The molecule has 2 aliphatic heterocycles. The molecule has 0 spiro atoms. The van der Waals surface area contributed by atoms with Gasteiger partial charge in [-0.3, -0.25) is 0 Å². The highest BCUT2D eigenvalue weighted by Crippen LogP contribution is 2.25. The fraction of sp³-hybridized carbons (Fsp3) is 1.00. The molecule has 0 aliphatic carbocycles. The summed E-state index contributed by atoms with van der Waals surface area (Å²) in [5.74, 6) is 0. The van der Waals surface area contributed by atoms with E-state index in [1.165, 1.54) is 90.6 Å². The van der Waals surface area contributed by atoms with E-state index in [1.807, 2.05) is 0 Å². The van der Waals surface area contributed by atoms with Gasteiger partial charge in [-0.15, -0.1) is 0 Å². The summed E-state index contributed by atoms with van der Waals surface area (Å²) in [7, 11) is 6.32. The SMILES string of the molecule is CN(C)CCO[Si](CCCN1CCCCC1)(CCCN1CCCCC1)OCCN(C)C. The largest absolute Gasteiger partial charge is 0.393 e. The summed E-state index contributed by atoms with van der Waals surface area (Å²) in [5.41, 5.74) is 0. The van der Waals surface area contributed by atoms with Crippen molar-refractivity contribution in [3.8, 4) is 0 Å². The van der Waals surface area contributed by atoms with Crippen LogP contribution in [0.3, 0.4) is 0 Å². The Morgan fingerprint density at radius 2 is 1.00 bits per heavy atom. The van der Waals surface area contributed by atoms with E-state index >= 15 is 0 Å². The molecule has 0 bridgehead atoms. The average Bonchev–Trinajstić information content (AvgIpc) is 2.75. The van der Waals surface area contributed by atoms with Gasteiger partial charge in [-0.05, 0) is 118 Å². The van der Waals surface area contributed by atoms with E-state index < -0.39 is 8.56 Å². The highest BCUT2D eigenvalue weighted by Gasteiger charge is 2.37. The minimum Gasteiger partial charge on any atom is -0.393 e. The number of hydrogen-bond acceptors (Lipinski definition) is 6. The van der Waals surface area contributed by atoms with Crippen LogP contribution < -0.4 is 0 Å². The lowest BCUT2D eigenvalue weighted by Gasteiger charge is -2.34. The second-order valence-electron chi connectivity index (χ2n) is 10.2. The molecule has 0 unspecified atom stereocenters. The Morgan fingerprint density at radius 1 is 0.613 bits per heavy atom. The van der Waals surface area contributed by atoms with Crippen molar-refractivity contribution in [1.82, 2.24) is 19.6 Å². The standard InChI is InChI=1S/C24H52N4O2Si/c1-25(2)19-21-29-31(30-22-20-26(3)4,23-11-17-27-13-7-5-8-14-27)24-12-18-28-15-9-6-10-16-28/h5-24H2,1-4H3. The Balaban J connectivity index is 1.92. The Hall–Kier alpha value is -0.0231. The van der Waals surface area contributed by atoms with Crippen LogP contribution in [0.2, 0.25) is 12.1 Å². The van der Waals surface area contributed by atoms with Gasteiger partial charge in [0.15, 0.2) is 0 Å². The monoisotopic (exact) mass is 456 g/mol. The van der Waals surface area contributed by atoms with Crippen molar-refractivity contribution in [2.45, 2.75) is 63.5 Å². The minimum absolute atomic E-state index is 0.800. The molecule has 31 heavy (non-hydrogen) atoms. The molecule has 0 aromatic heterocycles. The van der Waals surface area contributed by atoms with Gasteiger partial charge in [-0.2, -0.15) is 0 Å². The van der Waals surface area contributed by atoms with Crippen molar-refractivity contribution in [2.24, 2.45) is 0 Å². The van der Waals surface area contributed by atoms with Crippen molar-refractivity contribution < 1.29 is 8.85 Å². The van der Waals surface area contributed by atoms with Gasteiger partial charge in [0.1, 0.15) is 0 Å². The molecule has 0 amide bonds. The molecule has 0 atom stereocenters. The van der Waals surface area contributed by atoms with Crippen molar-refractivity contribution in [3.05, 3.63) is 0 Å². The van der Waals surface area contributed by atoms with E-state index in [-0.39, 0.29) is 0 Å². The van der Waals surface area contributed by atoms with Crippen LogP contribution in [0.1, 0.15) is 51.4 Å². The molecule has 7 heteroatoms. The predicted molar refractivity (Wildman–Crippen MR) is 134 cm³/mol. The molecule has 0 radical (unpaired) electrons. The van der Waals surface area contributed by atoms with Gasteiger partial charge >= 0.3 is 8.56 Å². The molecule has 6 nitrogen and oxygen atoms in total. The molecule has 2 fully saturated rings. The summed E-state index contributed by atoms with van der Waals surface area (Å²) in [6.07, 6.45) is 10.8. The van der Waals surface area contributed by atoms with E-state index in [1.54, 1.807) is 0 Å². The molecule has 0 aromatic rings. The zero-order chi connectivity index (χ0) is 22.4. The molecule has 0 N–H and O–H groups in total. The first kappa shape index (κ1) is 27.2. The topological polar surface area (TPSA) is 31.4 Å². The van der Waals surface area contributed by atoms with Gasteiger partial charge in [-0.1, -0.05) is 12.8 Å². The van der Waals surface area contributed by atoms with Gasteiger partial charge in [0, 0.05) is 26.3 Å². The van der Waals surface area contributed by atoms with Gasteiger partial charge in [0.2, 0.25) is 0 Å². The van der Waals surface area contributed by atoms with Crippen LogP contribution in [0.5, 0.6) is 0 Å². The molecule has 0 aromatic carbocycles. The maximum Gasteiger partial charge on any atom is 0.338 e. The molecule has 184 valence electrons. The lowest BCUT2D eigenvalue weighted by Crippen LogP contribution is -2.46. The summed E-state index contributed by atoms with van der Waals surface area (Å²) in [5, 5.41) is 0. The third-order valence-corrected chi connectivity index (χ3v) is 10.5. The highest BCUT2D eigenvalue weighted by molar-refractivity contribution is 6.67. The van der Waals surface area contributed by atoms with E-state index in [4.69, 9.17) is 8.85 Å². The lowest BCUT2D eigenvalue weighted by atomic mass is 10.1. The summed E-state index contributed by atoms with van der Waals surface area (Å²) in [6, 6.07) is 2.29. The molecular weight excluding hydrogens is 404 g/mol. The number of nitrogens with zero attached hydrogens (tertiary/aromatic N) is 4. The molecule has 2 rings (SSSR count). The Bertz CT molecular complexity index is 401.